The number of carboxylic acids is 1. The maximum Gasteiger partial charge on any atom is 0.335 e. The summed E-state index contributed by atoms with van der Waals surface area (Å²) in [5.74, 6) is -1.04. The number of carbonyl (C=O) groups is 2. The second-order valence-corrected chi connectivity index (χ2v) is 4.18. The molecule has 6 nitrogen and oxygen atoms in total. The van der Waals surface area contributed by atoms with Gasteiger partial charge in [-0.2, -0.15) is 0 Å². The van der Waals surface area contributed by atoms with Crippen LogP contribution in [0.3, 0.4) is 0 Å². The van der Waals surface area contributed by atoms with Crippen LogP contribution >= 0.6 is 0 Å². The van der Waals surface area contributed by atoms with Crippen LogP contribution in [0.2, 0.25) is 0 Å². The molecule has 0 unspecified atom stereocenters. The van der Waals surface area contributed by atoms with Crippen molar-refractivity contribution in [3.05, 3.63) is 29.3 Å². The summed E-state index contributed by atoms with van der Waals surface area (Å²) in [6.45, 7) is 1.02. The number of amides is 2. The second kappa shape index (κ2) is 8.15. The Morgan fingerprint density at radius 2 is 2.10 bits per heavy atom. The fraction of sp³-hybridized carbons (Fsp3) is 0.385. The Morgan fingerprint density at radius 1 is 1.38 bits per heavy atom. The number of ether oxygens (including phenoxy) is 1. The van der Waals surface area contributed by atoms with E-state index in [9.17, 15) is 18.4 Å². The van der Waals surface area contributed by atoms with Crippen LogP contribution < -0.4 is 10.6 Å². The van der Waals surface area contributed by atoms with Gasteiger partial charge >= 0.3 is 12.0 Å². The molecule has 0 fully saturated rings. The molecule has 8 heteroatoms. The van der Waals surface area contributed by atoms with Crippen molar-refractivity contribution in [1.29, 1.82) is 0 Å². The highest BCUT2D eigenvalue weighted by atomic mass is 19.3. The summed E-state index contributed by atoms with van der Waals surface area (Å²) in [5.41, 5.74) is 1.10. The van der Waals surface area contributed by atoms with Gasteiger partial charge in [-0.15, -0.1) is 0 Å². The molecule has 0 saturated carbocycles. The first kappa shape index (κ1) is 16.8. The van der Waals surface area contributed by atoms with Crippen molar-refractivity contribution in [2.75, 3.05) is 25.1 Å². The third kappa shape index (κ3) is 6.17. The van der Waals surface area contributed by atoms with Crippen molar-refractivity contribution in [2.45, 2.75) is 13.3 Å². The summed E-state index contributed by atoms with van der Waals surface area (Å²) in [6.07, 6.45) is -2.53. The molecule has 0 bridgehead atoms. The maximum absolute atomic E-state index is 11.8. The van der Waals surface area contributed by atoms with Crippen LogP contribution in [0.25, 0.3) is 0 Å². The molecule has 0 atom stereocenters. The molecule has 1 aromatic carbocycles. The van der Waals surface area contributed by atoms with E-state index >= 15 is 0 Å². The second-order valence-electron chi connectivity index (χ2n) is 4.18. The lowest BCUT2D eigenvalue weighted by Gasteiger charge is -2.09. The predicted molar refractivity (Wildman–Crippen MR) is 72.0 cm³/mol. The van der Waals surface area contributed by atoms with Gasteiger partial charge in [0.2, 0.25) is 0 Å². The first-order valence-corrected chi connectivity index (χ1v) is 6.15. The SMILES string of the molecule is Cc1cc(NC(=O)NCCOCC(F)F)ccc1C(=O)O. The van der Waals surface area contributed by atoms with Crippen molar-refractivity contribution in [2.24, 2.45) is 0 Å². The summed E-state index contributed by atoms with van der Waals surface area (Å²) in [7, 11) is 0. The minimum atomic E-state index is -2.53. The zero-order valence-corrected chi connectivity index (χ0v) is 11.4. The summed E-state index contributed by atoms with van der Waals surface area (Å²) in [4.78, 5) is 22.3. The molecular weight excluding hydrogens is 286 g/mol. The smallest absolute Gasteiger partial charge is 0.335 e. The van der Waals surface area contributed by atoms with Gasteiger partial charge in [0.25, 0.3) is 6.43 Å². The molecule has 2 amide bonds. The number of benzene rings is 1. The Kier molecular flexibility index (Phi) is 6.54. The van der Waals surface area contributed by atoms with Crippen molar-refractivity contribution in [3.63, 3.8) is 0 Å². The highest BCUT2D eigenvalue weighted by Gasteiger charge is 2.08. The van der Waals surface area contributed by atoms with E-state index < -0.39 is 25.0 Å². The van der Waals surface area contributed by atoms with Crippen LogP contribution in [-0.2, 0) is 4.74 Å². The van der Waals surface area contributed by atoms with E-state index in [1.54, 1.807) is 6.92 Å². The van der Waals surface area contributed by atoms with Crippen molar-refractivity contribution in [1.82, 2.24) is 5.32 Å². The van der Waals surface area contributed by atoms with Crippen LogP contribution in [-0.4, -0.2) is 43.3 Å². The molecule has 0 saturated heterocycles. The first-order valence-electron chi connectivity index (χ1n) is 6.15. The lowest BCUT2D eigenvalue weighted by atomic mass is 10.1. The molecule has 1 aromatic rings. The standard InChI is InChI=1S/C13H16F2N2O4/c1-8-6-9(2-3-10(8)12(18)19)17-13(20)16-4-5-21-7-11(14)15/h2-3,6,11H,4-5,7H2,1H3,(H,18,19)(H2,16,17,20). The molecular formula is C13H16F2N2O4. The van der Waals surface area contributed by atoms with Gasteiger partial charge in [0.15, 0.2) is 0 Å². The number of alkyl halides is 2. The van der Waals surface area contributed by atoms with Gasteiger partial charge < -0.3 is 20.5 Å². The van der Waals surface area contributed by atoms with E-state index in [-0.39, 0.29) is 18.7 Å². The largest absolute Gasteiger partial charge is 0.478 e. The summed E-state index contributed by atoms with van der Waals surface area (Å²) in [5, 5.41) is 13.8. The Morgan fingerprint density at radius 3 is 2.67 bits per heavy atom. The van der Waals surface area contributed by atoms with E-state index in [4.69, 9.17) is 5.11 Å². The zero-order chi connectivity index (χ0) is 15.8. The average molecular weight is 302 g/mol. The Bertz CT molecular complexity index is 509. The van der Waals surface area contributed by atoms with Gasteiger partial charge in [0.05, 0.1) is 12.2 Å². The quantitative estimate of drug-likeness (QED) is 0.673. The Labute approximate surface area is 120 Å². The van der Waals surface area contributed by atoms with Crippen molar-refractivity contribution in [3.8, 4) is 0 Å². The van der Waals surface area contributed by atoms with E-state index in [1.165, 1.54) is 18.2 Å². The highest BCUT2D eigenvalue weighted by molar-refractivity contribution is 5.92. The maximum atomic E-state index is 11.8. The minimum absolute atomic E-state index is 0.0191. The number of anilines is 1. The van der Waals surface area contributed by atoms with Crippen molar-refractivity contribution < 1.29 is 28.2 Å². The number of aromatic carboxylic acids is 1. The number of rotatable bonds is 7. The number of aryl methyl sites for hydroxylation is 1. The monoisotopic (exact) mass is 302 g/mol. The Hall–Kier alpha value is -2.22. The molecule has 0 aromatic heterocycles. The van der Waals surface area contributed by atoms with Crippen LogP contribution in [0.4, 0.5) is 19.3 Å². The normalized spacial score (nSPS) is 10.5. The van der Waals surface area contributed by atoms with E-state index in [1.807, 2.05) is 0 Å². The number of halogens is 2. The summed E-state index contributed by atoms with van der Waals surface area (Å²) >= 11 is 0. The molecule has 116 valence electrons. The fourth-order valence-electron chi connectivity index (χ4n) is 1.57. The van der Waals surface area contributed by atoms with Gasteiger partial charge in [-0.1, -0.05) is 0 Å². The van der Waals surface area contributed by atoms with Crippen LogP contribution in [0.15, 0.2) is 18.2 Å². The number of carboxylic acid groups (broad SMARTS) is 1. The predicted octanol–water partition coefficient (Wildman–Crippen LogP) is 2.10. The lowest BCUT2D eigenvalue weighted by Crippen LogP contribution is -2.32. The topological polar surface area (TPSA) is 87.7 Å². The molecule has 0 spiro atoms. The van der Waals surface area contributed by atoms with Gasteiger partial charge in [0.1, 0.15) is 6.61 Å². The molecule has 21 heavy (non-hydrogen) atoms. The Balaban J connectivity index is 2.38. The third-order valence-electron chi connectivity index (χ3n) is 2.49. The summed E-state index contributed by atoms with van der Waals surface area (Å²) < 4.78 is 28.1. The van der Waals surface area contributed by atoms with E-state index in [0.717, 1.165) is 0 Å². The molecule has 0 aliphatic heterocycles. The third-order valence-corrected chi connectivity index (χ3v) is 2.49. The summed E-state index contributed by atoms with van der Waals surface area (Å²) in [6, 6.07) is 3.84. The average Bonchev–Trinajstić information content (AvgIpc) is 2.37. The number of carbonyl (C=O) groups excluding carboxylic acids is 1. The molecule has 0 aliphatic carbocycles. The van der Waals surface area contributed by atoms with Crippen LogP contribution in [0.5, 0.6) is 0 Å². The van der Waals surface area contributed by atoms with Gasteiger partial charge in [0, 0.05) is 12.2 Å². The number of urea groups is 1. The van der Waals surface area contributed by atoms with Gasteiger partial charge in [-0.3, -0.25) is 0 Å². The van der Waals surface area contributed by atoms with Gasteiger partial charge in [-0.25, -0.2) is 18.4 Å². The van der Waals surface area contributed by atoms with Crippen LogP contribution in [0.1, 0.15) is 15.9 Å². The number of nitrogens with one attached hydrogen (secondary N) is 2. The fourth-order valence-corrected chi connectivity index (χ4v) is 1.57. The first-order chi connectivity index (χ1) is 9.90. The molecule has 0 aliphatic rings. The van der Waals surface area contributed by atoms with E-state index in [0.29, 0.717) is 11.3 Å². The lowest BCUT2D eigenvalue weighted by molar-refractivity contribution is 0.0194. The zero-order valence-electron chi connectivity index (χ0n) is 11.4. The van der Waals surface area contributed by atoms with E-state index in [2.05, 4.69) is 15.4 Å². The van der Waals surface area contributed by atoms with Crippen LogP contribution in [0, 0.1) is 6.92 Å². The number of hydrogen-bond acceptors (Lipinski definition) is 3. The molecule has 3 N–H and O–H groups in total. The highest BCUT2D eigenvalue weighted by Crippen LogP contribution is 2.15. The minimum Gasteiger partial charge on any atom is -0.478 e. The van der Waals surface area contributed by atoms with Gasteiger partial charge in [-0.05, 0) is 30.7 Å². The number of hydrogen-bond donors (Lipinski definition) is 3. The molecule has 0 heterocycles. The molecule has 1 rings (SSSR count). The molecule has 0 radical (unpaired) electrons. The van der Waals surface area contributed by atoms with Crippen molar-refractivity contribution >= 4 is 17.7 Å².